The fraction of sp³-hybridized carbons (Fsp3) is 0.936. The van der Waals surface area contributed by atoms with E-state index in [4.69, 9.17) is 14.2 Å². The molecule has 0 bridgehead atoms. The van der Waals surface area contributed by atoms with E-state index in [1.807, 2.05) is 0 Å². The minimum atomic E-state index is -1.44. The molecule has 0 aromatic carbocycles. The molecule has 7 nitrogen and oxygen atoms in total. The lowest BCUT2D eigenvalue weighted by Gasteiger charge is -2.58. The topological polar surface area (TPSA) is 105 Å². The van der Waals surface area contributed by atoms with E-state index < -0.39 is 30.7 Å². The molecule has 0 amide bonds. The summed E-state index contributed by atoms with van der Waals surface area (Å²) in [5, 5.41) is 32.4. The third kappa shape index (κ3) is 10.7. The summed E-state index contributed by atoms with van der Waals surface area (Å²) in [6, 6.07) is 0. The van der Waals surface area contributed by atoms with Crippen molar-refractivity contribution in [3.63, 3.8) is 0 Å². The Kier molecular flexibility index (Phi) is 16.8. The molecule has 1 saturated heterocycles. The highest BCUT2D eigenvalue weighted by Gasteiger charge is 2.59. The van der Waals surface area contributed by atoms with E-state index in [0.717, 1.165) is 74.5 Å². The Morgan fingerprint density at radius 1 is 0.815 bits per heavy atom. The van der Waals surface area contributed by atoms with Crippen molar-refractivity contribution >= 4 is 5.97 Å². The van der Waals surface area contributed by atoms with E-state index in [1.165, 1.54) is 102 Å². The molecule has 312 valence electrons. The zero-order valence-corrected chi connectivity index (χ0v) is 35.5. The van der Waals surface area contributed by atoms with Crippen LogP contribution in [0.2, 0.25) is 0 Å². The first-order valence-corrected chi connectivity index (χ1v) is 23.1. The monoisotopic (exact) mass is 759 g/mol. The van der Waals surface area contributed by atoms with E-state index in [0.29, 0.717) is 17.8 Å². The summed E-state index contributed by atoms with van der Waals surface area (Å²) >= 11 is 0. The number of fused-ring (bicyclic) bond motifs is 5. The largest absolute Gasteiger partial charge is 0.463 e. The van der Waals surface area contributed by atoms with Gasteiger partial charge in [0, 0.05) is 6.42 Å². The van der Waals surface area contributed by atoms with Crippen molar-refractivity contribution in [2.75, 3.05) is 6.61 Å². The van der Waals surface area contributed by atoms with E-state index >= 15 is 0 Å². The maximum atomic E-state index is 12.5. The zero-order chi connectivity index (χ0) is 38.9. The summed E-state index contributed by atoms with van der Waals surface area (Å²) in [5.41, 5.74) is 2.15. The number of esters is 1. The Morgan fingerprint density at radius 2 is 1.50 bits per heavy atom. The average molecular weight is 759 g/mol. The number of rotatable bonds is 21. The number of unbranched alkanes of at least 4 members (excludes halogenated alkanes) is 10. The first kappa shape index (κ1) is 44.1. The third-order valence-electron chi connectivity index (χ3n) is 15.6. The number of aliphatic hydroxyl groups is 3. The minimum Gasteiger partial charge on any atom is -0.463 e. The molecular formula is C47H82O7. The summed E-state index contributed by atoms with van der Waals surface area (Å²) in [7, 11) is 0. The van der Waals surface area contributed by atoms with Gasteiger partial charge in [-0.15, -0.1) is 0 Å². The standard InChI is InChI=1S/C47H82O7/c1-7-8-9-10-11-12-13-14-15-16-17-21-41(48)52-31-40-42(49)43(50)44(51)45(54-40)53-35-26-28-46(5)34(30-35)22-23-36-38-25-24-37(33(4)20-18-19-32(2)3)47(38,6)29-27-39(36)46/h22,32-33,35-40,42-45,49-51H,7-21,23-31H2,1-6H3/t33-,35+,36+,37-,38+,39+,40+,42+,43+,44+,45-,46+,47-/m1/s1. The van der Waals surface area contributed by atoms with Crippen LogP contribution in [0.5, 0.6) is 0 Å². The number of carbonyl (C=O) groups excluding carboxylic acids is 1. The molecule has 13 atom stereocenters. The van der Waals surface area contributed by atoms with Gasteiger partial charge in [-0.1, -0.05) is 137 Å². The summed E-state index contributed by atoms with van der Waals surface area (Å²) < 4.78 is 18.0. The van der Waals surface area contributed by atoms with Crippen LogP contribution in [0.1, 0.15) is 189 Å². The van der Waals surface area contributed by atoms with Gasteiger partial charge in [-0.3, -0.25) is 4.79 Å². The van der Waals surface area contributed by atoms with Crippen LogP contribution < -0.4 is 0 Å². The lowest BCUT2D eigenvalue weighted by atomic mass is 9.47. The van der Waals surface area contributed by atoms with Crippen molar-refractivity contribution in [2.45, 2.75) is 226 Å². The molecule has 0 unspecified atom stereocenters. The molecule has 7 heteroatoms. The maximum absolute atomic E-state index is 12.5. The van der Waals surface area contributed by atoms with Gasteiger partial charge in [0.2, 0.25) is 0 Å². The van der Waals surface area contributed by atoms with Crippen LogP contribution >= 0.6 is 0 Å². The van der Waals surface area contributed by atoms with Crippen LogP contribution in [0.4, 0.5) is 0 Å². The number of hydrogen-bond acceptors (Lipinski definition) is 7. The SMILES string of the molecule is CCCCCCCCCCCCCC(=O)OC[C@@H]1O[C@@H](O[C@H]2CC[C@@]3(C)C(=CC[C@H]4[C@@H]5CC[C@H]([C@H](C)CCCC(C)C)[C@@]5(C)CC[C@@H]43)C2)[C@@H](O)[C@@H](O)[C@H]1O. The molecule has 3 N–H and O–H groups in total. The van der Waals surface area contributed by atoms with Crippen LogP contribution in [-0.4, -0.2) is 64.7 Å². The smallest absolute Gasteiger partial charge is 0.305 e. The van der Waals surface area contributed by atoms with Crippen LogP contribution in [0.3, 0.4) is 0 Å². The van der Waals surface area contributed by atoms with E-state index in [9.17, 15) is 20.1 Å². The fourth-order valence-electron chi connectivity index (χ4n) is 12.3. The van der Waals surface area contributed by atoms with Crippen molar-refractivity contribution in [3.05, 3.63) is 11.6 Å². The Balaban J connectivity index is 1.06. The van der Waals surface area contributed by atoms with Gasteiger partial charge < -0.3 is 29.5 Å². The number of hydrogen-bond donors (Lipinski definition) is 3. The van der Waals surface area contributed by atoms with Gasteiger partial charge in [0.05, 0.1) is 6.10 Å². The van der Waals surface area contributed by atoms with Crippen LogP contribution in [-0.2, 0) is 19.0 Å². The fourth-order valence-corrected chi connectivity index (χ4v) is 12.3. The molecule has 1 aliphatic heterocycles. The molecule has 5 rings (SSSR count). The molecule has 0 spiro atoms. The summed E-state index contributed by atoms with van der Waals surface area (Å²) in [4.78, 5) is 12.5. The van der Waals surface area contributed by atoms with Crippen LogP contribution in [0.25, 0.3) is 0 Å². The Bertz CT molecular complexity index is 1170. The second kappa shape index (κ2) is 20.6. The molecule has 0 aromatic heterocycles. The van der Waals surface area contributed by atoms with Gasteiger partial charge in [0.1, 0.15) is 31.0 Å². The highest BCUT2D eigenvalue weighted by molar-refractivity contribution is 5.69. The molecule has 0 radical (unpaired) electrons. The lowest BCUT2D eigenvalue weighted by molar-refractivity contribution is -0.313. The molecule has 0 aromatic rings. The summed E-state index contributed by atoms with van der Waals surface area (Å²) in [6.07, 6.45) is 23.4. The van der Waals surface area contributed by atoms with E-state index in [-0.39, 0.29) is 24.1 Å². The highest BCUT2D eigenvalue weighted by atomic mass is 16.7. The third-order valence-corrected chi connectivity index (χ3v) is 15.6. The zero-order valence-electron chi connectivity index (χ0n) is 35.5. The molecule has 5 aliphatic rings. The molecule has 3 saturated carbocycles. The van der Waals surface area contributed by atoms with E-state index in [2.05, 4.69) is 47.6 Å². The van der Waals surface area contributed by atoms with Crippen molar-refractivity contribution in [2.24, 2.45) is 46.3 Å². The second-order valence-corrected chi connectivity index (χ2v) is 19.8. The molecular weight excluding hydrogens is 677 g/mol. The summed E-state index contributed by atoms with van der Waals surface area (Å²) in [5.74, 6) is 4.45. The predicted molar refractivity (Wildman–Crippen MR) is 217 cm³/mol. The number of allylic oxidation sites excluding steroid dienone is 1. The van der Waals surface area contributed by atoms with Gasteiger partial charge >= 0.3 is 5.97 Å². The van der Waals surface area contributed by atoms with Gasteiger partial charge in [-0.25, -0.2) is 0 Å². The van der Waals surface area contributed by atoms with Gasteiger partial charge in [-0.05, 0) is 104 Å². The second-order valence-electron chi connectivity index (χ2n) is 19.8. The maximum Gasteiger partial charge on any atom is 0.305 e. The number of ether oxygens (including phenoxy) is 3. The highest BCUT2D eigenvalue weighted by Crippen LogP contribution is 2.67. The predicted octanol–water partition coefficient (Wildman–Crippen LogP) is 10.5. The van der Waals surface area contributed by atoms with E-state index in [1.54, 1.807) is 0 Å². The number of aliphatic hydroxyl groups excluding tert-OH is 3. The van der Waals surface area contributed by atoms with Crippen molar-refractivity contribution in [1.82, 2.24) is 0 Å². The molecule has 54 heavy (non-hydrogen) atoms. The van der Waals surface area contributed by atoms with Crippen molar-refractivity contribution in [3.8, 4) is 0 Å². The van der Waals surface area contributed by atoms with Crippen LogP contribution in [0, 0.1) is 46.3 Å². The van der Waals surface area contributed by atoms with Crippen molar-refractivity contribution in [1.29, 1.82) is 0 Å². The first-order chi connectivity index (χ1) is 25.9. The Morgan fingerprint density at radius 3 is 2.19 bits per heavy atom. The first-order valence-electron chi connectivity index (χ1n) is 23.1. The lowest BCUT2D eigenvalue weighted by Crippen LogP contribution is -2.60. The van der Waals surface area contributed by atoms with Crippen molar-refractivity contribution < 1.29 is 34.3 Å². The molecule has 1 heterocycles. The quantitative estimate of drug-likeness (QED) is 0.0608. The normalized spacial score (nSPS) is 38.4. The van der Waals surface area contributed by atoms with Gasteiger partial charge in [-0.2, -0.15) is 0 Å². The molecule has 4 fully saturated rings. The van der Waals surface area contributed by atoms with Gasteiger partial charge in [0.15, 0.2) is 6.29 Å². The average Bonchev–Trinajstić information content (AvgIpc) is 3.50. The number of carbonyl (C=O) groups is 1. The minimum absolute atomic E-state index is 0.136. The summed E-state index contributed by atoms with van der Waals surface area (Å²) in [6.45, 7) is 14.5. The Hall–Kier alpha value is -0.990. The van der Waals surface area contributed by atoms with Gasteiger partial charge in [0.25, 0.3) is 0 Å². The van der Waals surface area contributed by atoms with Crippen LogP contribution in [0.15, 0.2) is 11.6 Å². The molecule has 4 aliphatic carbocycles. The Labute approximate surface area is 330 Å².